The van der Waals surface area contributed by atoms with Gasteiger partial charge >= 0.3 is 0 Å². The summed E-state index contributed by atoms with van der Waals surface area (Å²) in [6.45, 7) is 3.79. The van der Waals surface area contributed by atoms with E-state index in [0.717, 1.165) is 11.0 Å². The molecule has 1 aliphatic rings. The van der Waals surface area contributed by atoms with Gasteiger partial charge in [-0.15, -0.1) is 0 Å². The standard InChI is InChI=1S/C14H15N3O5/c1-8(2)6-15-11(18)7-16-13(19)9-4-3-5-10(17(21)22)12(9)14(16)20/h3-5,8H,6-7H2,1-2H3,(H,15,18). The normalized spacial score (nSPS) is 13.5. The molecule has 1 aromatic rings. The SMILES string of the molecule is CC(C)CNC(=O)CN1C(=O)c2cccc([N+](=O)[O-])c2C1=O. The summed E-state index contributed by atoms with van der Waals surface area (Å²) < 4.78 is 0. The number of nitrogens with one attached hydrogen (secondary N) is 1. The Kier molecular flexibility index (Phi) is 4.20. The summed E-state index contributed by atoms with van der Waals surface area (Å²) in [7, 11) is 0. The summed E-state index contributed by atoms with van der Waals surface area (Å²) in [4.78, 5) is 47.1. The van der Waals surface area contributed by atoms with E-state index in [1.165, 1.54) is 12.1 Å². The Morgan fingerprint density at radius 1 is 1.32 bits per heavy atom. The Morgan fingerprint density at radius 2 is 2.00 bits per heavy atom. The van der Waals surface area contributed by atoms with Crippen molar-refractivity contribution in [1.29, 1.82) is 0 Å². The highest BCUT2D eigenvalue weighted by atomic mass is 16.6. The van der Waals surface area contributed by atoms with E-state index in [1.54, 1.807) is 0 Å². The Balaban J connectivity index is 2.23. The zero-order valence-corrected chi connectivity index (χ0v) is 12.2. The van der Waals surface area contributed by atoms with Crippen LogP contribution in [0.5, 0.6) is 0 Å². The fourth-order valence-electron chi connectivity index (χ4n) is 2.13. The molecule has 1 N–H and O–H groups in total. The van der Waals surface area contributed by atoms with Crippen molar-refractivity contribution in [1.82, 2.24) is 10.2 Å². The first kappa shape index (κ1) is 15.6. The lowest BCUT2D eigenvalue weighted by Crippen LogP contribution is -2.41. The van der Waals surface area contributed by atoms with E-state index in [2.05, 4.69) is 5.32 Å². The molecule has 0 aliphatic carbocycles. The van der Waals surface area contributed by atoms with Crippen molar-refractivity contribution in [2.75, 3.05) is 13.1 Å². The van der Waals surface area contributed by atoms with E-state index in [-0.39, 0.29) is 17.0 Å². The van der Waals surface area contributed by atoms with Gasteiger partial charge in [-0.2, -0.15) is 0 Å². The summed E-state index contributed by atoms with van der Waals surface area (Å²) in [6.07, 6.45) is 0. The number of imide groups is 1. The number of nitro groups is 1. The maximum Gasteiger partial charge on any atom is 0.282 e. The van der Waals surface area contributed by atoms with Gasteiger partial charge in [0.1, 0.15) is 12.1 Å². The molecule has 116 valence electrons. The third-order valence-electron chi connectivity index (χ3n) is 3.18. The van der Waals surface area contributed by atoms with Crippen LogP contribution in [0.3, 0.4) is 0 Å². The van der Waals surface area contributed by atoms with Gasteiger partial charge in [0, 0.05) is 12.6 Å². The molecular formula is C14H15N3O5. The van der Waals surface area contributed by atoms with Crippen molar-refractivity contribution < 1.29 is 19.3 Å². The van der Waals surface area contributed by atoms with Crippen LogP contribution in [-0.2, 0) is 4.79 Å². The summed E-state index contributed by atoms with van der Waals surface area (Å²) in [5.74, 6) is -1.76. The first-order valence-electron chi connectivity index (χ1n) is 6.73. The number of nitro benzene ring substituents is 1. The maximum absolute atomic E-state index is 12.2. The van der Waals surface area contributed by atoms with Gasteiger partial charge in [-0.1, -0.05) is 19.9 Å². The molecule has 8 nitrogen and oxygen atoms in total. The van der Waals surface area contributed by atoms with Gasteiger partial charge in [0.15, 0.2) is 0 Å². The van der Waals surface area contributed by atoms with Crippen molar-refractivity contribution in [2.45, 2.75) is 13.8 Å². The maximum atomic E-state index is 12.2. The first-order valence-corrected chi connectivity index (χ1v) is 6.73. The molecule has 0 atom stereocenters. The topological polar surface area (TPSA) is 110 Å². The highest BCUT2D eigenvalue weighted by Gasteiger charge is 2.41. The number of amides is 3. The van der Waals surface area contributed by atoms with Gasteiger partial charge in [0.05, 0.1) is 10.5 Å². The van der Waals surface area contributed by atoms with Gasteiger partial charge < -0.3 is 5.32 Å². The fraction of sp³-hybridized carbons (Fsp3) is 0.357. The molecule has 8 heteroatoms. The van der Waals surface area contributed by atoms with Crippen LogP contribution in [0, 0.1) is 16.0 Å². The smallest absolute Gasteiger partial charge is 0.282 e. The minimum absolute atomic E-state index is 0.0455. The van der Waals surface area contributed by atoms with Gasteiger partial charge in [0.25, 0.3) is 17.5 Å². The van der Waals surface area contributed by atoms with Crippen LogP contribution in [0.25, 0.3) is 0 Å². The Hall–Kier alpha value is -2.77. The quantitative estimate of drug-likeness (QED) is 0.495. The summed E-state index contributed by atoms with van der Waals surface area (Å²) in [5.41, 5.74) is -0.731. The lowest BCUT2D eigenvalue weighted by atomic mass is 10.1. The number of rotatable bonds is 5. The average molecular weight is 305 g/mol. The Bertz CT molecular complexity index is 668. The highest BCUT2D eigenvalue weighted by molar-refractivity contribution is 6.24. The van der Waals surface area contributed by atoms with Crippen LogP contribution in [0.4, 0.5) is 5.69 Å². The molecule has 0 bridgehead atoms. The lowest BCUT2D eigenvalue weighted by molar-refractivity contribution is -0.385. The fourth-order valence-corrected chi connectivity index (χ4v) is 2.13. The molecule has 1 heterocycles. The Morgan fingerprint density at radius 3 is 2.59 bits per heavy atom. The predicted molar refractivity (Wildman–Crippen MR) is 76.3 cm³/mol. The van der Waals surface area contributed by atoms with Crippen molar-refractivity contribution in [3.05, 3.63) is 39.4 Å². The van der Waals surface area contributed by atoms with Crippen LogP contribution >= 0.6 is 0 Å². The van der Waals surface area contributed by atoms with E-state index >= 15 is 0 Å². The second-order valence-electron chi connectivity index (χ2n) is 5.35. The first-order chi connectivity index (χ1) is 10.3. The average Bonchev–Trinajstić information content (AvgIpc) is 2.70. The number of hydrogen-bond donors (Lipinski definition) is 1. The van der Waals surface area contributed by atoms with E-state index in [4.69, 9.17) is 0 Å². The predicted octanol–water partition coefficient (Wildman–Crippen LogP) is 0.963. The molecule has 0 saturated heterocycles. The van der Waals surface area contributed by atoms with Gasteiger partial charge in [0.2, 0.25) is 5.91 Å². The van der Waals surface area contributed by atoms with Gasteiger partial charge in [-0.25, -0.2) is 0 Å². The number of hydrogen-bond acceptors (Lipinski definition) is 5. The minimum atomic E-state index is -0.813. The van der Waals surface area contributed by atoms with Crippen molar-refractivity contribution in [3.8, 4) is 0 Å². The molecule has 1 aromatic carbocycles. The molecule has 0 unspecified atom stereocenters. The number of fused-ring (bicyclic) bond motifs is 1. The van der Waals surface area contributed by atoms with Crippen LogP contribution in [-0.4, -0.2) is 40.6 Å². The lowest BCUT2D eigenvalue weighted by Gasteiger charge is -2.14. The molecular weight excluding hydrogens is 290 g/mol. The van der Waals surface area contributed by atoms with Gasteiger partial charge in [-0.3, -0.25) is 29.4 Å². The van der Waals surface area contributed by atoms with Crippen molar-refractivity contribution in [3.63, 3.8) is 0 Å². The summed E-state index contributed by atoms with van der Waals surface area (Å²) in [6, 6.07) is 3.84. The largest absolute Gasteiger partial charge is 0.354 e. The Labute approximate surface area is 126 Å². The second-order valence-corrected chi connectivity index (χ2v) is 5.35. The molecule has 0 radical (unpaired) electrons. The number of carbonyl (C=O) groups is 3. The molecule has 3 amide bonds. The molecule has 22 heavy (non-hydrogen) atoms. The van der Waals surface area contributed by atoms with Crippen LogP contribution in [0.15, 0.2) is 18.2 Å². The third-order valence-corrected chi connectivity index (χ3v) is 3.18. The van der Waals surface area contributed by atoms with Crippen molar-refractivity contribution in [2.24, 2.45) is 5.92 Å². The van der Waals surface area contributed by atoms with E-state index in [0.29, 0.717) is 6.54 Å². The summed E-state index contributed by atoms with van der Waals surface area (Å²) >= 11 is 0. The molecule has 2 rings (SSSR count). The third kappa shape index (κ3) is 2.80. The van der Waals surface area contributed by atoms with E-state index in [9.17, 15) is 24.5 Å². The van der Waals surface area contributed by atoms with E-state index in [1.807, 2.05) is 13.8 Å². The van der Waals surface area contributed by atoms with Crippen LogP contribution < -0.4 is 5.32 Å². The molecule has 0 aromatic heterocycles. The monoisotopic (exact) mass is 305 g/mol. The highest BCUT2D eigenvalue weighted by Crippen LogP contribution is 2.30. The number of carbonyl (C=O) groups excluding carboxylic acids is 3. The van der Waals surface area contributed by atoms with Crippen LogP contribution in [0.1, 0.15) is 34.6 Å². The molecule has 1 aliphatic heterocycles. The van der Waals surface area contributed by atoms with Gasteiger partial charge in [-0.05, 0) is 12.0 Å². The second kappa shape index (κ2) is 5.92. The summed E-state index contributed by atoms with van der Waals surface area (Å²) in [5, 5.41) is 13.6. The zero-order valence-electron chi connectivity index (χ0n) is 12.2. The molecule has 0 spiro atoms. The molecule has 0 saturated carbocycles. The number of nitrogens with zero attached hydrogens (tertiary/aromatic N) is 2. The zero-order chi connectivity index (χ0) is 16.4. The minimum Gasteiger partial charge on any atom is -0.354 e. The van der Waals surface area contributed by atoms with Crippen molar-refractivity contribution >= 4 is 23.4 Å². The number of benzene rings is 1. The van der Waals surface area contributed by atoms with E-state index < -0.39 is 34.9 Å². The molecule has 0 fully saturated rings. The van der Waals surface area contributed by atoms with Crippen LogP contribution in [0.2, 0.25) is 0 Å².